The molecule has 2 amide bonds. The monoisotopic (exact) mass is 449 g/mol. The number of amides is 2. The van der Waals surface area contributed by atoms with Gasteiger partial charge in [-0.3, -0.25) is 9.59 Å². The second kappa shape index (κ2) is 9.24. The number of thiazole rings is 1. The molecule has 2 aliphatic rings. The predicted molar refractivity (Wildman–Crippen MR) is 124 cm³/mol. The zero-order valence-corrected chi connectivity index (χ0v) is 18.8. The summed E-state index contributed by atoms with van der Waals surface area (Å²) in [6, 6.07) is 9.90. The van der Waals surface area contributed by atoms with E-state index in [1.54, 1.807) is 6.20 Å². The summed E-state index contributed by atoms with van der Waals surface area (Å²) in [6.07, 6.45) is 8.63. The van der Waals surface area contributed by atoms with Gasteiger partial charge in [0.15, 0.2) is 0 Å². The van der Waals surface area contributed by atoms with Gasteiger partial charge in [-0.15, -0.1) is 11.3 Å². The Bertz CT molecular complexity index is 1080. The minimum atomic E-state index is -0.0492. The molecule has 0 N–H and O–H groups in total. The van der Waals surface area contributed by atoms with Gasteiger partial charge >= 0.3 is 0 Å². The number of hydrogen-bond acceptors (Lipinski definition) is 5. The number of carbonyl (C=O) groups excluding carboxylic acids is 2. The van der Waals surface area contributed by atoms with E-state index in [0.29, 0.717) is 18.8 Å². The molecular formula is C24H27N5O2S. The molecule has 166 valence electrons. The zero-order chi connectivity index (χ0) is 21.9. The van der Waals surface area contributed by atoms with E-state index in [-0.39, 0.29) is 17.7 Å². The van der Waals surface area contributed by atoms with Crippen LogP contribution in [0, 0.1) is 5.92 Å². The fourth-order valence-corrected chi connectivity index (χ4v) is 5.29. The molecule has 2 fully saturated rings. The number of carbonyl (C=O) groups is 2. The molecule has 4 heterocycles. The van der Waals surface area contributed by atoms with Crippen molar-refractivity contribution in [2.75, 3.05) is 26.2 Å². The van der Waals surface area contributed by atoms with E-state index in [1.807, 2.05) is 56.4 Å². The topological polar surface area (TPSA) is 71.3 Å². The van der Waals surface area contributed by atoms with Gasteiger partial charge in [0, 0.05) is 49.2 Å². The Labute approximate surface area is 191 Å². The van der Waals surface area contributed by atoms with Crippen LogP contribution >= 0.6 is 11.3 Å². The van der Waals surface area contributed by atoms with Crippen LogP contribution in [0.25, 0.3) is 16.3 Å². The molecule has 2 aliphatic heterocycles. The fraction of sp³-hybridized carbons (Fsp3) is 0.417. The van der Waals surface area contributed by atoms with E-state index in [9.17, 15) is 9.59 Å². The summed E-state index contributed by atoms with van der Waals surface area (Å²) >= 11 is 1.45. The zero-order valence-electron chi connectivity index (χ0n) is 18.0. The van der Waals surface area contributed by atoms with Crippen molar-refractivity contribution in [3.8, 4) is 16.3 Å². The van der Waals surface area contributed by atoms with Crippen molar-refractivity contribution in [3.63, 3.8) is 0 Å². The van der Waals surface area contributed by atoms with Crippen LogP contribution in [0.3, 0.4) is 0 Å². The molecule has 7 nitrogen and oxygen atoms in total. The third-order valence-corrected chi connectivity index (χ3v) is 7.26. The van der Waals surface area contributed by atoms with Crippen molar-refractivity contribution in [1.82, 2.24) is 24.6 Å². The van der Waals surface area contributed by atoms with Crippen LogP contribution in [0.5, 0.6) is 0 Å². The molecule has 0 unspecified atom stereocenters. The highest BCUT2D eigenvalue weighted by Gasteiger charge is 2.31. The molecule has 8 heteroatoms. The van der Waals surface area contributed by atoms with E-state index >= 15 is 0 Å². The molecule has 3 aromatic rings. The number of rotatable bonds is 4. The molecule has 32 heavy (non-hydrogen) atoms. The molecule has 0 bridgehead atoms. The van der Waals surface area contributed by atoms with E-state index in [0.717, 1.165) is 55.0 Å². The molecule has 1 aromatic carbocycles. The maximum atomic E-state index is 13.0. The predicted octanol–water partition coefficient (Wildman–Crippen LogP) is 3.86. The minimum absolute atomic E-state index is 0.0481. The van der Waals surface area contributed by atoms with Gasteiger partial charge < -0.3 is 9.80 Å². The third kappa shape index (κ3) is 4.32. The number of nitrogens with zero attached hydrogens (tertiary/aromatic N) is 5. The molecular weight excluding hydrogens is 422 g/mol. The summed E-state index contributed by atoms with van der Waals surface area (Å²) in [5.41, 5.74) is 2.34. The largest absolute Gasteiger partial charge is 0.342 e. The number of para-hydroxylation sites is 1. The summed E-state index contributed by atoms with van der Waals surface area (Å²) in [6.45, 7) is 3.00. The smallest absolute Gasteiger partial charge is 0.273 e. The first-order chi connectivity index (χ1) is 15.7. The van der Waals surface area contributed by atoms with E-state index in [2.05, 4.69) is 10.1 Å². The number of benzene rings is 1. The van der Waals surface area contributed by atoms with Gasteiger partial charge in [-0.05, 0) is 44.2 Å². The minimum Gasteiger partial charge on any atom is -0.342 e. The van der Waals surface area contributed by atoms with Crippen LogP contribution in [0.15, 0.2) is 48.1 Å². The number of aromatic nitrogens is 3. The quantitative estimate of drug-likeness (QED) is 0.606. The van der Waals surface area contributed by atoms with Gasteiger partial charge in [-0.25, -0.2) is 9.67 Å². The Morgan fingerprint density at radius 2 is 1.69 bits per heavy atom. The molecule has 0 aliphatic carbocycles. The van der Waals surface area contributed by atoms with Crippen molar-refractivity contribution in [2.45, 2.75) is 32.1 Å². The summed E-state index contributed by atoms with van der Waals surface area (Å²) in [5, 5.41) is 7.03. The van der Waals surface area contributed by atoms with Gasteiger partial charge in [0.25, 0.3) is 5.91 Å². The van der Waals surface area contributed by atoms with E-state index < -0.39 is 0 Å². The van der Waals surface area contributed by atoms with Gasteiger partial charge in [0.05, 0.1) is 11.9 Å². The Morgan fingerprint density at radius 3 is 2.44 bits per heavy atom. The first-order valence-corrected chi connectivity index (χ1v) is 12.2. The number of likely N-dealkylation sites (tertiary alicyclic amines) is 2. The van der Waals surface area contributed by atoms with Gasteiger partial charge in [-0.2, -0.15) is 5.10 Å². The van der Waals surface area contributed by atoms with Crippen molar-refractivity contribution in [3.05, 3.63) is 53.8 Å². The van der Waals surface area contributed by atoms with Crippen LogP contribution < -0.4 is 0 Å². The lowest BCUT2D eigenvalue weighted by atomic mass is 9.94. The second-order valence-electron chi connectivity index (χ2n) is 8.50. The molecule has 0 atom stereocenters. The molecule has 2 saturated heterocycles. The van der Waals surface area contributed by atoms with Gasteiger partial charge in [0.1, 0.15) is 10.7 Å². The standard InChI is InChI=1S/C24H27N5O2S/c30-23(27-11-5-2-6-12-27)18-9-13-28(14-10-18)24(31)21-17-32-22(26-21)19-15-25-29(16-19)20-7-3-1-4-8-20/h1,3-4,7-8,15-18H,2,5-6,9-14H2. The summed E-state index contributed by atoms with van der Waals surface area (Å²) < 4.78 is 1.81. The first-order valence-electron chi connectivity index (χ1n) is 11.3. The Kier molecular flexibility index (Phi) is 6.03. The molecule has 2 aromatic heterocycles. The van der Waals surface area contributed by atoms with Crippen molar-refractivity contribution >= 4 is 23.2 Å². The van der Waals surface area contributed by atoms with Crippen LogP contribution in [0.1, 0.15) is 42.6 Å². The Hall–Kier alpha value is -3.00. The van der Waals surface area contributed by atoms with Crippen LogP contribution in [0.4, 0.5) is 0 Å². The lowest BCUT2D eigenvalue weighted by Crippen LogP contribution is -2.45. The van der Waals surface area contributed by atoms with E-state index in [1.165, 1.54) is 17.8 Å². The highest BCUT2D eigenvalue weighted by Crippen LogP contribution is 2.27. The molecule has 0 saturated carbocycles. The fourth-order valence-electron chi connectivity index (χ4n) is 4.52. The first kappa shape index (κ1) is 20.9. The molecule has 5 rings (SSSR count). The molecule has 0 radical (unpaired) electrons. The summed E-state index contributed by atoms with van der Waals surface area (Å²) in [5.74, 6) is 0.280. The SMILES string of the molecule is O=C(c1csc(-c2cnn(-c3ccccc3)c2)n1)N1CCC(C(=O)N2CCCCC2)CC1. The Balaban J connectivity index is 1.20. The summed E-state index contributed by atoms with van der Waals surface area (Å²) in [7, 11) is 0. The Morgan fingerprint density at radius 1 is 0.938 bits per heavy atom. The normalized spacial score (nSPS) is 17.5. The summed E-state index contributed by atoms with van der Waals surface area (Å²) in [4.78, 5) is 34.2. The van der Waals surface area contributed by atoms with Gasteiger partial charge in [0.2, 0.25) is 5.91 Å². The van der Waals surface area contributed by atoms with Crippen molar-refractivity contribution in [2.24, 2.45) is 5.92 Å². The van der Waals surface area contributed by atoms with Crippen LogP contribution in [-0.4, -0.2) is 62.6 Å². The maximum absolute atomic E-state index is 13.0. The number of hydrogen-bond donors (Lipinski definition) is 0. The van der Waals surface area contributed by atoms with Crippen molar-refractivity contribution in [1.29, 1.82) is 0 Å². The molecule has 0 spiro atoms. The van der Waals surface area contributed by atoms with Crippen LogP contribution in [0.2, 0.25) is 0 Å². The average molecular weight is 450 g/mol. The third-order valence-electron chi connectivity index (χ3n) is 6.37. The number of piperidine rings is 2. The highest BCUT2D eigenvalue weighted by atomic mass is 32.1. The van der Waals surface area contributed by atoms with Gasteiger partial charge in [-0.1, -0.05) is 18.2 Å². The second-order valence-corrected chi connectivity index (χ2v) is 9.36. The maximum Gasteiger partial charge on any atom is 0.273 e. The van der Waals surface area contributed by atoms with E-state index in [4.69, 9.17) is 0 Å². The lowest BCUT2D eigenvalue weighted by molar-refractivity contribution is -0.137. The average Bonchev–Trinajstić information content (AvgIpc) is 3.55. The highest BCUT2D eigenvalue weighted by molar-refractivity contribution is 7.13. The lowest BCUT2D eigenvalue weighted by Gasteiger charge is -2.35. The van der Waals surface area contributed by atoms with Crippen LogP contribution in [-0.2, 0) is 4.79 Å². The van der Waals surface area contributed by atoms with Crippen molar-refractivity contribution < 1.29 is 9.59 Å².